The topological polar surface area (TPSA) is 119 Å². The first-order valence-corrected chi connectivity index (χ1v) is 11.5. The van der Waals surface area contributed by atoms with Gasteiger partial charge in [-0.05, 0) is 49.9 Å². The summed E-state index contributed by atoms with van der Waals surface area (Å²) in [5.74, 6) is 0.423. The first-order chi connectivity index (χ1) is 16.3. The molecule has 0 saturated carbocycles. The van der Waals surface area contributed by atoms with Crippen LogP contribution in [0.3, 0.4) is 0 Å². The molecule has 3 aromatic heterocycles. The molecule has 1 saturated heterocycles. The van der Waals surface area contributed by atoms with E-state index in [-0.39, 0.29) is 17.1 Å². The quantitative estimate of drug-likeness (QED) is 0.482. The molecular formula is C25H31FN8. The van der Waals surface area contributed by atoms with E-state index in [0.29, 0.717) is 34.9 Å². The number of anilines is 3. The summed E-state index contributed by atoms with van der Waals surface area (Å²) in [6.45, 7) is 9.85. The molecular weight excluding hydrogens is 431 g/mol. The molecule has 34 heavy (non-hydrogen) atoms. The zero-order valence-electron chi connectivity index (χ0n) is 19.7. The first kappa shape index (κ1) is 23.6. The second kappa shape index (κ2) is 9.72. The van der Waals surface area contributed by atoms with Crippen LogP contribution in [-0.2, 0) is 6.42 Å². The molecule has 9 heteroatoms. The number of nitrogens with one attached hydrogen (secondary N) is 1. The van der Waals surface area contributed by atoms with Gasteiger partial charge in [0.2, 0.25) is 0 Å². The van der Waals surface area contributed by atoms with Crippen LogP contribution in [0.1, 0.15) is 44.4 Å². The minimum Gasteiger partial charge on any atom is -0.382 e. The number of hydrogen-bond acceptors (Lipinski definition) is 8. The monoisotopic (exact) mass is 462 g/mol. The second-order valence-corrected chi connectivity index (χ2v) is 8.99. The molecule has 1 aliphatic heterocycles. The number of rotatable bonds is 7. The highest BCUT2D eigenvalue weighted by atomic mass is 19.1. The van der Waals surface area contributed by atoms with Gasteiger partial charge in [-0.1, -0.05) is 19.9 Å². The SMILES string of the molecule is C=C(Nc1ncccc1N1CCC(C)(N)CC1)c1nc(-c2nccc(CCC)c2F)cnc1N. The van der Waals surface area contributed by atoms with Crippen LogP contribution >= 0.6 is 0 Å². The highest BCUT2D eigenvalue weighted by Gasteiger charge is 2.27. The summed E-state index contributed by atoms with van der Waals surface area (Å²) in [6, 6.07) is 5.59. The lowest BCUT2D eigenvalue weighted by atomic mass is 9.91. The Morgan fingerprint density at radius 3 is 2.71 bits per heavy atom. The summed E-state index contributed by atoms with van der Waals surface area (Å²) in [7, 11) is 0. The maximum absolute atomic E-state index is 15.0. The van der Waals surface area contributed by atoms with Crippen LogP contribution in [0.15, 0.2) is 43.4 Å². The van der Waals surface area contributed by atoms with Crippen LogP contribution in [0.4, 0.5) is 21.7 Å². The Morgan fingerprint density at radius 1 is 1.21 bits per heavy atom. The lowest BCUT2D eigenvalue weighted by molar-refractivity contribution is 0.364. The van der Waals surface area contributed by atoms with Gasteiger partial charge in [0, 0.05) is 31.0 Å². The molecule has 0 radical (unpaired) electrons. The van der Waals surface area contributed by atoms with Crippen molar-refractivity contribution in [3.05, 3.63) is 60.4 Å². The zero-order valence-corrected chi connectivity index (χ0v) is 19.7. The summed E-state index contributed by atoms with van der Waals surface area (Å²) in [6.07, 6.45) is 7.94. The van der Waals surface area contributed by atoms with E-state index >= 15 is 4.39 Å². The smallest absolute Gasteiger partial charge is 0.154 e. The molecule has 0 aliphatic carbocycles. The minimum absolute atomic E-state index is 0.143. The molecule has 4 rings (SSSR count). The van der Waals surface area contributed by atoms with Crippen molar-refractivity contribution in [2.24, 2.45) is 5.73 Å². The van der Waals surface area contributed by atoms with E-state index in [0.717, 1.165) is 38.0 Å². The summed E-state index contributed by atoms with van der Waals surface area (Å²) < 4.78 is 15.0. The van der Waals surface area contributed by atoms with Crippen LogP contribution in [0.5, 0.6) is 0 Å². The molecule has 4 heterocycles. The van der Waals surface area contributed by atoms with Crippen LogP contribution in [-0.4, -0.2) is 38.6 Å². The Morgan fingerprint density at radius 2 is 1.97 bits per heavy atom. The van der Waals surface area contributed by atoms with Crippen molar-refractivity contribution in [1.82, 2.24) is 19.9 Å². The van der Waals surface area contributed by atoms with Gasteiger partial charge in [0.05, 0.1) is 17.6 Å². The van der Waals surface area contributed by atoms with Gasteiger partial charge in [0.1, 0.15) is 17.1 Å². The standard InChI is InChI=1S/C25H31FN8/c1-4-6-17-8-12-29-22(20(17)26)18-15-31-23(27)21(33-18)16(2)32-24-19(7-5-11-30-24)34-13-9-25(3,28)10-14-34/h5,7-8,11-12,15H,2,4,6,9-10,13-14,28H2,1,3H3,(H2,27,31)(H,30,32). The van der Waals surface area contributed by atoms with Crippen molar-refractivity contribution in [3.63, 3.8) is 0 Å². The van der Waals surface area contributed by atoms with Crippen LogP contribution in [0.2, 0.25) is 0 Å². The second-order valence-electron chi connectivity index (χ2n) is 8.99. The molecule has 8 nitrogen and oxygen atoms in total. The lowest BCUT2D eigenvalue weighted by Crippen LogP contribution is -2.48. The van der Waals surface area contributed by atoms with Gasteiger partial charge in [0.25, 0.3) is 0 Å². The van der Waals surface area contributed by atoms with E-state index in [9.17, 15) is 0 Å². The number of nitrogens with two attached hydrogens (primary N) is 2. The first-order valence-electron chi connectivity index (χ1n) is 11.5. The Bertz CT molecular complexity index is 1180. The number of hydrogen-bond donors (Lipinski definition) is 3. The van der Waals surface area contributed by atoms with E-state index in [2.05, 4.69) is 43.7 Å². The number of aromatic nitrogens is 4. The highest BCUT2D eigenvalue weighted by Crippen LogP contribution is 2.31. The Labute approximate surface area is 199 Å². The normalized spacial score (nSPS) is 15.2. The molecule has 3 aromatic rings. The summed E-state index contributed by atoms with van der Waals surface area (Å²) in [5, 5.41) is 3.24. The maximum Gasteiger partial charge on any atom is 0.154 e. The molecule has 1 aliphatic rings. The largest absolute Gasteiger partial charge is 0.382 e. The van der Waals surface area contributed by atoms with Gasteiger partial charge in [-0.3, -0.25) is 4.98 Å². The van der Waals surface area contributed by atoms with Gasteiger partial charge >= 0.3 is 0 Å². The van der Waals surface area contributed by atoms with Crippen molar-refractivity contribution in [2.45, 2.75) is 45.1 Å². The molecule has 0 spiro atoms. The minimum atomic E-state index is -0.392. The summed E-state index contributed by atoms with van der Waals surface area (Å²) >= 11 is 0. The van der Waals surface area contributed by atoms with E-state index in [4.69, 9.17) is 11.5 Å². The summed E-state index contributed by atoms with van der Waals surface area (Å²) in [4.78, 5) is 19.7. The Hall–Kier alpha value is -3.59. The zero-order chi connectivity index (χ0) is 24.3. The van der Waals surface area contributed by atoms with E-state index < -0.39 is 5.82 Å². The molecule has 0 amide bonds. The van der Waals surface area contributed by atoms with E-state index in [1.165, 1.54) is 6.20 Å². The third kappa shape index (κ3) is 4.99. The van der Waals surface area contributed by atoms with Gasteiger partial charge in [-0.2, -0.15) is 0 Å². The molecule has 5 N–H and O–H groups in total. The van der Waals surface area contributed by atoms with Crippen molar-refractivity contribution >= 4 is 23.0 Å². The number of halogens is 1. The van der Waals surface area contributed by atoms with Gasteiger partial charge in [-0.15, -0.1) is 0 Å². The van der Waals surface area contributed by atoms with Gasteiger partial charge in [-0.25, -0.2) is 19.3 Å². The predicted octanol–water partition coefficient (Wildman–Crippen LogP) is 4.01. The van der Waals surface area contributed by atoms with Gasteiger partial charge < -0.3 is 21.7 Å². The maximum atomic E-state index is 15.0. The van der Waals surface area contributed by atoms with Crippen LogP contribution < -0.4 is 21.7 Å². The number of aryl methyl sites for hydroxylation is 1. The fraction of sp³-hybridized carbons (Fsp3) is 0.360. The fourth-order valence-electron chi connectivity index (χ4n) is 4.07. The highest BCUT2D eigenvalue weighted by molar-refractivity contribution is 5.82. The molecule has 0 aromatic carbocycles. The molecule has 1 fully saturated rings. The Balaban J connectivity index is 1.61. The molecule has 0 unspecified atom stereocenters. The number of pyridine rings is 2. The van der Waals surface area contributed by atoms with Crippen LogP contribution in [0, 0.1) is 5.82 Å². The number of nitrogen functional groups attached to an aromatic ring is 1. The van der Waals surface area contributed by atoms with Crippen molar-refractivity contribution in [2.75, 3.05) is 29.0 Å². The van der Waals surface area contributed by atoms with Crippen molar-refractivity contribution in [1.29, 1.82) is 0 Å². The average Bonchev–Trinajstić information content (AvgIpc) is 2.81. The number of piperidine rings is 1. The van der Waals surface area contributed by atoms with Crippen LogP contribution in [0.25, 0.3) is 17.1 Å². The fourth-order valence-corrected chi connectivity index (χ4v) is 4.07. The summed E-state index contributed by atoms with van der Waals surface area (Å²) in [5.41, 5.74) is 15.0. The van der Waals surface area contributed by atoms with E-state index in [1.807, 2.05) is 19.1 Å². The van der Waals surface area contributed by atoms with Gasteiger partial charge in [0.15, 0.2) is 17.5 Å². The third-order valence-corrected chi connectivity index (χ3v) is 6.12. The Kier molecular flexibility index (Phi) is 6.74. The van der Waals surface area contributed by atoms with E-state index in [1.54, 1.807) is 18.5 Å². The molecule has 0 bridgehead atoms. The molecule has 178 valence electrons. The lowest BCUT2D eigenvalue weighted by Gasteiger charge is -2.38. The van der Waals surface area contributed by atoms with Crippen molar-refractivity contribution < 1.29 is 4.39 Å². The van der Waals surface area contributed by atoms with Crippen molar-refractivity contribution in [3.8, 4) is 11.4 Å². The third-order valence-electron chi connectivity index (χ3n) is 6.12. The average molecular weight is 463 g/mol. The molecule has 0 atom stereocenters. The number of nitrogens with zero attached hydrogens (tertiary/aromatic N) is 5. The predicted molar refractivity (Wildman–Crippen MR) is 135 cm³/mol.